The number of hydrogen-bond donors (Lipinski definition) is 1. The van der Waals surface area contributed by atoms with E-state index in [1.165, 1.54) is 4.90 Å². The summed E-state index contributed by atoms with van der Waals surface area (Å²) >= 11 is 0. The van der Waals surface area contributed by atoms with E-state index in [0.29, 0.717) is 17.9 Å². The van der Waals surface area contributed by atoms with Gasteiger partial charge >= 0.3 is 6.18 Å². The van der Waals surface area contributed by atoms with Crippen LogP contribution in [-0.4, -0.2) is 49.0 Å². The summed E-state index contributed by atoms with van der Waals surface area (Å²) < 4.78 is 42.3. The van der Waals surface area contributed by atoms with Gasteiger partial charge in [0.25, 0.3) is 0 Å². The summed E-state index contributed by atoms with van der Waals surface area (Å²) in [5, 5.41) is 8.62. The number of hydrogen-bond acceptors (Lipinski definition) is 3. The third kappa shape index (κ3) is 7.59. The van der Waals surface area contributed by atoms with E-state index >= 15 is 0 Å². The van der Waals surface area contributed by atoms with Crippen molar-refractivity contribution in [2.24, 2.45) is 0 Å². The molecule has 0 aliphatic heterocycles. The van der Waals surface area contributed by atoms with E-state index in [2.05, 4.69) is 11.8 Å². The molecular weight excluding hydrogens is 283 g/mol. The molecule has 1 aromatic carbocycles. The van der Waals surface area contributed by atoms with Gasteiger partial charge in [0.1, 0.15) is 19.0 Å². The van der Waals surface area contributed by atoms with Crippen molar-refractivity contribution >= 4 is 0 Å². The van der Waals surface area contributed by atoms with Crippen molar-refractivity contribution < 1.29 is 23.0 Å². The Kier molecular flexibility index (Phi) is 7.06. The fourth-order valence-electron chi connectivity index (χ4n) is 1.70. The van der Waals surface area contributed by atoms with Crippen molar-refractivity contribution in [3.63, 3.8) is 0 Å². The highest BCUT2D eigenvalue weighted by molar-refractivity contribution is 5.39. The third-order valence-electron chi connectivity index (χ3n) is 2.67. The van der Waals surface area contributed by atoms with Crippen molar-refractivity contribution in [3.8, 4) is 17.6 Å². The van der Waals surface area contributed by atoms with Crippen LogP contribution in [0.4, 0.5) is 13.2 Å². The van der Waals surface area contributed by atoms with Gasteiger partial charge in [0, 0.05) is 12.1 Å². The minimum Gasteiger partial charge on any atom is -0.492 e. The molecular formula is C15H18F3NO2. The van der Waals surface area contributed by atoms with Crippen LogP contribution in [0.5, 0.6) is 5.75 Å². The van der Waals surface area contributed by atoms with E-state index in [9.17, 15) is 13.2 Å². The summed E-state index contributed by atoms with van der Waals surface area (Å²) in [5.74, 6) is 5.80. The van der Waals surface area contributed by atoms with Crippen molar-refractivity contribution in [2.45, 2.75) is 13.1 Å². The van der Waals surface area contributed by atoms with Crippen LogP contribution in [0.15, 0.2) is 24.3 Å². The van der Waals surface area contributed by atoms with E-state index in [0.717, 1.165) is 0 Å². The van der Waals surface area contributed by atoms with E-state index < -0.39 is 12.7 Å². The van der Waals surface area contributed by atoms with Gasteiger partial charge in [-0.1, -0.05) is 24.8 Å². The molecule has 0 aliphatic rings. The van der Waals surface area contributed by atoms with Gasteiger partial charge < -0.3 is 9.84 Å². The molecule has 0 unspecified atom stereocenters. The van der Waals surface area contributed by atoms with Crippen molar-refractivity contribution in [1.82, 2.24) is 4.90 Å². The average Bonchev–Trinajstić information content (AvgIpc) is 2.43. The Morgan fingerprint density at radius 3 is 2.71 bits per heavy atom. The first-order valence-electron chi connectivity index (χ1n) is 6.56. The van der Waals surface area contributed by atoms with Crippen molar-refractivity contribution in [1.29, 1.82) is 0 Å². The number of rotatable bonds is 6. The molecule has 0 saturated carbocycles. The van der Waals surface area contributed by atoms with Gasteiger partial charge in [-0.15, -0.1) is 0 Å². The summed E-state index contributed by atoms with van der Waals surface area (Å²) in [6, 6.07) is 6.90. The first-order chi connectivity index (χ1) is 9.94. The van der Waals surface area contributed by atoms with Gasteiger partial charge in [0.2, 0.25) is 0 Å². The number of halogens is 3. The lowest BCUT2D eigenvalue weighted by atomic mass is 10.2. The van der Waals surface area contributed by atoms with Gasteiger partial charge in [0.15, 0.2) is 0 Å². The number of alkyl halides is 3. The Morgan fingerprint density at radius 2 is 2.10 bits per heavy atom. The second kappa shape index (κ2) is 8.55. The maximum Gasteiger partial charge on any atom is 0.401 e. The predicted molar refractivity (Wildman–Crippen MR) is 74.1 cm³/mol. The third-order valence-corrected chi connectivity index (χ3v) is 2.67. The zero-order chi connectivity index (χ0) is 15.7. The summed E-state index contributed by atoms with van der Waals surface area (Å²) in [4.78, 5) is 1.27. The zero-order valence-corrected chi connectivity index (χ0v) is 11.8. The molecule has 0 heterocycles. The molecule has 3 nitrogen and oxygen atoms in total. The maximum absolute atomic E-state index is 12.3. The van der Waals surface area contributed by atoms with Crippen LogP contribution in [0.25, 0.3) is 0 Å². The van der Waals surface area contributed by atoms with E-state index in [-0.39, 0.29) is 19.8 Å². The van der Waals surface area contributed by atoms with Crippen LogP contribution in [-0.2, 0) is 0 Å². The number of likely N-dealkylation sites (N-methyl/N-ethyl adjacent to an activating group) is 1. The smallest absolute Gasteiger partial charge is 0.401 e. The zero-order valence-electron chi connectivity index (χ0n) is 11.8. The normalized spacial score (nSPS) is 11.1. The summed E-state index contributed by atoms with van der Waals surface area (Å²) in [6.07, 6.45) is -4.20. The topological polar surface area (TPSA) is 32.7 Å². The molecule has 1 N–H and O–H groups in total. The monoisotopic (exact) mass is 301 g/mol. The van der Waals surface area contributed by atoms with Crippen LogP contribution in [0.2, 0.25) is 0 Å². The minimum absolute atomic E-state index is 0.167. The average molecular weight is 301 g/mol. The lowest BCUT2D eigenvalue weighted by Gasteiger charge is -2.21. The molecule has 21 heavy (non-hydrogen) atoms. The van der Waals surface area contributed by atoms with Crippen LogP contribution >= 0.6 is 0 Å². The molecule has 0 saturated heterocycles. The van der Waals surface area contributed by atoms with Gasteiger partial charge in [-0.25, -0.2) is 0 Å². The highest BCUT2D eigenvalue weighted by Crippen LogP contribution is 2.16. The molecule has 0 fully saturated rings. The van der Waals surface area contributed by atoms with Crippen molar-refractivity contribution in [2.75, 3.05) is 32.8 Å². The Morgan fingerprint density at radius 1 is 1.33 bits per heavy atom. The van der Waals surface area contributed by atoms with Gasteiger partial charge in [-0.3, -0.25) is 4.90 Å². The Balaban J connectivity index is 2.48. The van der Waals surface area contributed by atoms with E-state index in [1.54, 1.807) is 31.2 Å². The predicted octanol–water partition coefficient (Wildman–Crippen LogP) is 2.29. The number of nitrogens with zero attached hydrogens (tertiary/aromatic N) is 1. The fraction of sp³-hybridized carbons (Fsp3) is 0.467. The Hall–Kier alpha value is -1.71. The Labute approximate surface area is 122 Å². The first kappa shape index (κ1) is 17.3. The quantitative estimate of drug-likeness (QED) is 0.818. The van der Waals surface area contributed by atoms with Crippen LogP contribution in [0.3, 0.4) is 0 Å². The summed E-state index contributed by atoms with van der Waals surface area (Å²) in [7, 11) is 0. The molecule has 0 bridgehead atoms. The number of benzene rings is 1. The van der Waals surface area contributed by atoms with Crippen LogP contribution < -0.4 is 4.74 Å². The lowest BCUT2D eigenvalue weighted by Crippen LogP contribution is -2.36. The molecule has 6 heteroatoms. The van der Waals surface area contributed by atoms with E-state index in [1.807, 2.05) is 0 Å². The Bertz CT molecular complexity index is 492. The summed E-state index contributed by atoms with van der Waals surface area (Å²) in [5.41, 5.74) is 0.684. The minimum atomic E-state index is -4.20. The van der Waals surface area contributed by atoms with Gasteiger partial charge in [-0.05, 0) is 24.7 Å². The molecule has 0 spiro atoms. The van der Waals surface area contributed by atoms with Crippen molar-refractivity contribution in [3.05, 3.63) is 29.8 Å². The van der Waals surface area contributed by atoms with Gasteiger partial charge in [-0.2, -0.15) is 13.2 Å². The first-order valence-corrected chi connectivity index (χ1v) is 6.56. The molecule has 0 aromatic heterocycles. The largest absolute Gasteiger partial charge is 0.492 e. The maximum atomic E-state index is 12.3. The van der Waals surface area contributed by atoms with Crippen LogP contribution in [0, 0.1) is 11.8 Å². The molecule has 1 aromatic rings. The highest BCUT2D eigenvalue weighted by Gasteiger charge is 2.29. The SMILES string of the molecule is CCN(CCOc1cccc(C#CCO)c1)CC(F)(F)F. The summed E-state index contributed by atoms with van der Waals surface area (Å²) in [6.45, 7) is 1.19. The molecule has 116 valence electrons. The highest BCUT2D eigenvalue weighted by atomic mass is 19.4. The van der Waals surface area contributed by atoms with E-state index in [4.69, 9.17) is 9.84 Å². The molecule has 0 radical (unpaired) electrons. The standard InChI is InChI=1S/C15H18F3NO2/c1-2-19(12-15(16,17)18)8-10-21-14-7-3-5-13(11-14)6-4-9-20/h3,5,7,11,20H,2,8-10,12H2,1H3. The molecule has 0 atom stereocenters. The van der Waals surface area contributed by atoms with Gasteiger partial charge in [0.05, 0.1) is 6.54 Å². The lowest BCUT2D eigenvalue weighted by molar-refractivity contribution is -0.146. The fourth-order valence-corrected chi connectivity index (χ4v) is 1.70. The molecule has 0 aliphatic carbocycles. The number of ether oxygens (including phenoxy) is 1. The molecule has 1 rings (SSSR count). The second-order valence-corrected chi connectivity index (χ2v) is 4.32. The number of aliphatic hydroxyl groups excluding tert-OH is 1. The number of aliphatic hydroxyl groups is 1. The van der Waals surface area contributed by atoms with Crippen LogP contribution in [0.1, 0.15) is 12.5 Å². The second-order valence-electron chi connectivity index (χ2n) is 4.32. The molecule has 0 amide bonds.